The fourth-order valence-corrected chi connectivity index (χ4v) is 3.93. The largest absolute Gasteiger partial charge is 0.490 e. The summed E-state index contributed by atoms with van der Waals surface area (Å²) in [6.45, 7) is -0.0741. The molecule has 7 nitrogen and oxygen atoms in total. The van der Waals surface area contributed by atoms with Crippen LogP contribution in [0, 0.1) is 5.92 Å². The number of aliphatic carboxylic acids is 1. The summed E-state index contributed by atoms with van der Waals surface area (Å²) in [6, 6.07) is 9.25. The maximum absolute atomic E-state index is 13.7. The van der Waals surface area contributed by atoms with Gasteiger partial charge < -0.3 is 20.5 Å². The van der Waals surface area contributed by atoms with Crippen LogP contribution < -0.4 is 15.4 Å². The van der Waals surface area contributed by atoms with Gasteiger partial charge in [0.15, 0.2) is 0 Å². The fraction of sp³-hybridized carbons (Fsp3) is 0.375. The minimum Gasteiger partial charge on any atom is -0.490 e. The first-order valence-corrected chi connectivity index (χ1v) is 11.3. The Labute approximate surface area is 204 Å². The zero-order valence-corrected chi connectivity index (χ0v) is 19.3. The number of carbonyl (C=O) groups is 3. The molecule has 0 aromatic heterocycles. The van der Waals surface area contributed by atoms with Gasteiger partial charge in [-0.15, -0.1) is 0 Å². The SMILES string of the molecule is O=C(NCCNC(=O)c1ccc(OC2CCC(C(=O)O)CC2)cc1C(F)(F)F)c1ccc(Cl)cc1. The van der Waals surface area contributed by atoms with Crippen molar-refractivity contribution in [1.82, 2.24) is 10.6 Å². The van der Waals surface area contributed by atoms with Crippen LogP contribution in [0.3, 0.4) is 0 Å². The lowest BCUT2D eigenvalue weighted by atomic mass is 9.87. The molecule has 11 heteroatoms. The summed E-state index contributed by atoms with van der Waals surface area (Å²) >= 11 is 5.77. The Morgan fingerprint density at radius 2 is 1.54 bits per heavy atom. The first-order chi connectivity index (χ1) is 16.5. The number of nitrogens with one attached hydrogen (secondary N) is 2. The third-order valence-corrected chi connectivity index (χ3v) is 5.92. The monoisotopic (exact) mass is 512 g/mol. The van der Waals surface area contributed by atoms with Crippen LogP contribution in [0.4, 0.5) is 13.2 Å². The van der Waals surface area contributed by atoms with Crippen molar-refractivity contribution in [3.63, 3.8) is 0 Å². The fourth-order valence-electron chi connectivity index (χ4n) is 3.80. The van der Waals surface area contributed by atoms with Crippen molar-refractivity contribution in [2.24, 2.45) is 5.92 Å². The quantitative estimate of drug-likeness (QED) is 0.450. The van der Waals surface area contributed by atoms with Crippen LogP contribution in [0.15, 0.2) is 42.5 Å². The highest BCUT2D eigenvalue weighted by atomic mass is 35.5. The summed E-state index contributed by atoms with van der Waals surface area (Å²) in [5, 5.41) is 14.5. The van der Waals surface area contributed by atoms with E-state index in [1.54, 1.807) is 12.1 Å². The Morgan fingerprint density at radius 1 is 0.943 bits per heavy atom. The van der Waals surface area contributed by atoms with E-state index in [0.717, 1.165) is 12.1 Å². The van der Waals surface area contributed by atoms with Gasteiger partial charge >= 0.3 is 12.1 Å². The molecule has 188 valence electrons. The van der Waals surface area contributed by atoms with Crippen molar-refractivity contribution in [2.75, 3.05) is 13.1 Å². The number of hydrogen-bond acceptors (Lipinski definition) is 4. The van der Waals surface area contributed by atoms with Crippen LogP contribution in [-0.4, -0.2) is 42.1 Å². The minimum absolute atomic E-state index is 0.00869. The highest BCUT2D eigenvalue weighted by Gasteiger charge is 2.36. The van der Waals surface area contributed by atoms with Gasteiger partial charge in [-0.3, -0.25) is 14.4 Å². The van der Waals surface area contributed by atoms with E-state index < -0.39 is 47.1 Å². The summed E-state index contributed by atoms with van der Waals surface area (Å²) in [5.74, 6) is -2.74. The second kappa shape index (κ2) is 11.4. The van der Waals surface area contributed by atoms with Gasteiger partial charge in [0.2, 0.25) is 0 Å². The number of rotatable bonds is 8. The Balaban J connectivity index is 1.57. The van der Waals surface area contributed by atoms with E-state index in [1.165, 1.54) is 18.2 Å². The molecule has 1 aliphatic rings. The second-order valence-electron chi connectivity index (χ2n) is 8.15. The predicted molar refractivity (Wildman–Crippen MR) is 122 cm³/mol. The number of alkyl halides is 3. The molecule has 0 bridgehead atoms. The molecule has 3 rings (SSSR count). The van der Waals surface area contributed by atoms with E-state index in [9.17, 15) is 27.6 Å². The third kappa shape index (κ3) is 7.35. The van der Waals surface area contributed by atoms with Gasteiger partial charge in [0.05, 0.1) is 23.1 Å². The van der Waals surface area contributed by atoms with E-state index in [1.807, 2.05) is 0 Å². The number of amides is 2. The van der Waals surface area contributed by atoms with Crippen LogP contribution in [0.1, 0.15) is 52.0 Å². The summed E-state index contributed by atoms with van der Waals surface area (Å²) in [7, 11) is 0. The highest BCUT2D eigenvalue weighted by molar-refractivity contribution is 6.30. The maximum atomic E-state index is 13.7. The Kier molecular flexibility index (Phi) is 8.61. The Bertz CT molecular complexity index is 1070. The van der Waals surface area contributed by atoms with Crippen molar-refractivity contribution >= 4 is 29.4 Å². The first kappa shape index (κ1) is 26.3. The third-order valence-electron chi connectivity index (χ3n) is 5.67. The number of halogens is 4. The molecule has 2 amide bonds. The van der Waals surface area contributed by atoms with Crippen molar-refractivity contribution in [2.45, 2.75) is 38.0 Å². The van der Waals surface area contributed by atoms with E-state index in [0.29, 0.717) is 36.3 Å². The van der Waals surface area contributed by atoms with Gasteiger partial charge in [-0.25, -0.2) is 0 Å². The van der Waals surface area contributed by atoms with Crippen LogP contribution >= 0.6 is 11.6 Å². The standard InChI is InChI=1S/C24H24ClF3N2O5/c25-16-5-1-14(2-6-16)21(31)29-11-12-30-22(32)19-10-9-18(13-20(19)24(26,27)28)35-17-7-3-15(4-8-17)23(33)34/h1-2,5-6,9-10,13,15,17H,3-4,7-8,11-12H2,(H,29,31)(H,30,32)(H,33,34). The Morgan fingerprint density at radius 3 is 2.11 bits per heavy atom. The number of carboxylic acids is 1. The summed E-state index contributed by atoms with van der Waals surface area (Å²) < 4.78 is 46.6. The van der Waals surface area contributed by atoms with Crippen LogP contribution in [0.2, 0.25) is 5.02 Å². The lowest BCUT2D eigenvalue weighted by Gasteiger charge is -2.27. The molecule has 0 radical (unpaired) electrons. The summed E-state index contributed by atoms with van der Waals surface area (Å²) in [4.78, 5) is 35.5. The molecule has 0 aliphatic heterocycles. The van der Waals surface area contributed by atoms with Crippen LogP contribution in [0.25, 0.3) is 0 Å². The highest BCUT2D eigenvalue weighted by Crippen LogP contribution is 2.36. The molecule has 0 heterocycles. The predicted octanol–water partition coefficient (Wildman–Crippen LogP) is 4.54. The van der Waals surface area contributed by atoms with Crippen LogP contribution in [-0.2, 0) is 11.0 Å². The topological polar surface area (TPSA) is 105 Å². The Hall–Kier alpha value is -3.27. The van der Waals surface area contributed by atoms with Crippen molar-refractivity contribution in [3.05, 3.63) is 64.2 Å². The van der Waals surface area contributed by atoms with E-state index in [-0.39, 0.29) is 18.8 Å². The number of carboxylic acid groups (broad SMARTS) is 1. The van der Waals surface area contributed by atoms with Gasteiger partial charge in [0.1, 0.15) is 5.75 Å². The van der Waals surface area contributed by atoms with Crippen molar-refractivity contribution < 1.29 is 37.4 Å². The smallest absolute Gasteiger partial charge is 0.417 e. The van der Waals surface area contributed by atoms with E-state index >= 15 is 0 Å². The number of benzene rings is 2. The van der Waals surface area contributed by atoms with Gasteiger partial charge in [-0.2, -0.15) is 13.2 Å². The number of ether oxygens (including phenoxy) is 1. The molecule has 0 spiro atoms. The average molecular weight is 513 g/mol. The van der Waals surface area contributed by atoms with Gasteiger partial charge in [-0.05, 0) is 68.1 Å². The van der Waals surface area contributed by atoms with Crippen molar-refractivity contribution in [1.29, 1.82) is 0 Å². The molecular formula is C24H24ClF3N2O5. The second-order valence-corrected chi connectivity index (χ2v) is 8.59. The molecule has 0 unspecified atom stereocenters. The normalized spacial score (nSPS) is 17.9. The molecule has 35 heavy (non-hydrogen) atoms. The summed E-state index contributed by atoms with van der Waals surface area (Å²) in [5.41, 5.74) is -1.35. The lowest BCUT2D eigenvalue weighted by molar-refractivity contribution is -0.143. The molecular weight excluding hydrogens is 489 g/mol. The molecule has 1 saturated carbocycles. The molecule has 0 atom stereocenters. The molecule has 2 aromatic carbocycles. The maximum Gasteiger partial charge on any atom is 0.417 e. The van der Waals surface area contributed by atoms with E-state index in [2.05, 4.69) is 10.6 Å². The first-order valence-electron chi connectivity index (χ1n) is 11.0. The molecule has 0 saturated heterocycles. The summed E-state index contributed by atoms with van der Waals surface area (Å²) in [6.07, 6.45) is -3.57. The molecule has 1 fully saturated rings. The van der Waals surface area contributed by atoms with E-state index in [4.69, 9.17) is 21.4 Å². The average Bonchev–Trinajstić information content (AvgIpc) is 2.81. The van der Waals surface area contributed by atoms with Crippen molar-refractivity contribution in [3.8, 4) is 5.75 Å². The van der Waals surface area contributed by atoms with Gasteiger partial charge in [-0.1, -0.05) is 11.6 Å². The molecule has 2 aromatic rings. The minimum atomic E-state index is -4.80. The zero-order valence-electron chi connectivity index (χ0n) is 18.5. The zero-order chi connectivity index (χ0) is 25.6. The van der Waals surface area contributed by atoms with Crippen LogP contribution in [0.5, 0.6) is 5.75 Å². The van der Waals surface area contributed by atoms with Gasteiger partial charge in [0, 0.05) is 23.7 Å². The van der Waals surface area contributed by atoms with Gasteiger partial charge in [0.25, 0.3) is 11.8 Å². The molecule has 3 N–H and O–H groups in total. The number of hydrogen-bond donors (Lipinski definition) is 3. The molecule has 1 aliphatic carbocycles. The number of carbonyl (C=O) groups excluding carboxylic acids is 2. The lowest BCUT2D eigenvalue weighted by Crippen LogP contribution is -2.35.